The minimum absolute atomic E-state index is 0.0429. The van der Waals surface area contributed by atoms with Gasteiger partial charge in [-0.2, -0.15) is 0 Å². The Labute approximate surface area is 159 Å². The number of hydrogen-bond acceptors (Lipinski definition) is 3. The first kappa shape index (κ1) is 19.7. The highest BCUT2D eigenvalue weighted by Crippen LogP contribution is 2.39. The summed E-state index contributed by atoms with van der Waals surface area (Å²) in [5, 5.41) is 0. The first-order valence-electron chi connectivity index (χ1n) is 10.7. The van der Waals surface area contributed by atoms with Gasteiger partial charge in [0, 0.05) is 32.2 Å². The molecule has 0 atom stereocenters. The molecule has 0 aromatic heterocycles. The van der Waals surface area contributed by atoms with Crippen LogP contribution in [-0.4, -0.2) is 64.4 Å². The van der Waals surface area contributed by atoms with Crippen LogP contribution < -0.4 is 0 Å². The van der Waals surface area contributed by atoms with Crippen LogP contribution in [0, 0.1) is 11.8 Å². The molecular weight excluding hydrogens is 326 g/mol. The highest BCUT2D eigenvalue weighted by molar-refractivity contribution is 6.07. The summed E-state index contributed by atoms with van der Waals surface area (Å²) in [5.74, 6) is 0.919. The molecule has 0 radical (unpaired) electrons. The molecule has 3 rings (SSSR count). The predicted octanol–water partition coefficient (Wildman–Crippen LogP) is 3.73. The second-order valence-electron chi connectivity index (χ2n) is 9.43. The molecule has 148 valence electrons. The van der Waals surface area contributed by atoms with Crippen molar-refractivity contribution >= 4 is 11.9 Å². The molecule has 5 nitrogen and oxygen atoms in total. The summed E-state index contributed by atoms with van der Waals surface area (Å²) in [6, 6.07) is 0.661. The number of nitrogens with zero attached hydrogens (tertiary/aromatic N) is 3. The van der Waals surface area contributed by atoms with Gasteiger partial charge in [-0.3, -0.25) is 9.69 Å². The number of carbonyl (C=O) groups is 2. The zero-order valence-electron chi connectivity index (χ0n) is 17.2. The summed E-state index contributed by atoms with van der Waals surface area (Å²) >= 11 is 0. The first-order valence-corrected chi connectivity index (χ1v) is 10.7. The van der Waals surface area contributed by atoms with Crippen molar-refractivity contribution < 1.29 is 9.59 Å². The lowest BCUT2D eigenvalue weighted by molar-refractivity contribution is -0.136. The van der Waals surface area contributed by atoms with E-state index in [2.05, 4.69) is 32.6 Å². The summed E-state index contributed by atoms with van der Waals surface area (Å²) in [7, 11) is 0. The Bertz CT molecular complexity index is 517. The number of hydrogen-bond donors (Lipinski definition) is 0. The number of rotatable bonds is 6. The van der Waals surface area contributed by atoms with Crippen LogP contribution in [0.2, 0.25) is 0 Å². The molecular formula is C21H37N3O2. The van der Waals surface area contributed by atoms with Crippen molar-refractivity contribution in [2.75, 3.05) is 26.2 Å². The lowest BCUT2D eigenvalue weighted by Gasteiger charge is -2.44. The second kappa shape index (κ2) is 7.87. The molecule has 0 aromatic rings. The smallest absolute Gasteiger partial charge is 0.309 e. The van der Waals surface area contributed by atoms with Crippen LogP contribution in [0.4, 0.5) is 4.79 Å². The van der Waals surface area contributed by atoms with Crippen molar-refractivity contribution in [2.24, 2.45) is 11.8 Å². The largest absolute Gasteiger partial charge is 0.327 e. The molecule has 26 heavy (non-hydrogen) atoms. The molecule has 3 fully saturated rings. The third kappa shape index (κ3) is 3.64. The minimum atomic E-state index is -0.573. The standard InChI is InChI=1S/C21H37N3O2/c1-16(2)9-12-24-20(26)23(15-17(3)4)19(25)21(24)10-13-22(14-11-21)18-7-5-6-8-18/h16-18H,5-15H2,1-4H3. The number of urea groups is 1. The summed E-state index contributed by atoms with van der Waals surface area (Å²) < 4.78 is 0. The Morgan fingerprint density at radius 2 is 1.62 bits per heavy atom. The number of amides is 3. The van der Waals surface area contributed by atoms with Crippen LogP contribution in [0.15, 0.2) is 0 Å². The van der Waals surface area contributed by atoms with Crippen molar-refractivity contribution in [1.29, 1.82) is 0 Å². The van der Waals surface area contributed by atoms with Crippen molar-refractivity contribution in [3.8, 4) is 0 Å². The van der Waals surface area contributed by atoms with Crippen LogP contribution in [0.1, 0.15) is 72.6 Å². The van der Waals surface area contributed by atoms with E-state index in [-0.39, 0.29) is 11.9 Å². The molecule has 0 bridgehead atoms. The van der Waals surface area contributed by atoms with Gasteiger partial charge in [0.05, 0.1) is 0 Å². The summed E-state index contributed by atoms with van der Waals surface area (Å²) in [4.78, 5) is 32.5. The zero-order chi connectivity index (χ0) is 18.9. The lowest BCUT2D eigenvalue weighted by Crippen LogP contribution is -2.58. The topological polar surface area (TPSA) is 43.9 Å². The highest BCUT2D eigenvalue weighted by atomic mass is 16.2. The van der Waals surface area contributed by atoms with Crippen LogP contribution >= 0.6 is 0 Å². The van der Waals surface area contributed by atoms with E-state index < -0.39 is 5.54 Å². The van der Waals surface area contributed by atoms with E-state index in [0.717, 1.165) is 32.4 Å². The number of imide groups is 1. The number of likely N-dealkylation sites (tertiary alicyclic amines) is 1. The maximum atomic E-state index is 13.4. The van der Waals surface area contributed by atoms with Gasteiger partial charge < -0.3 is 9.80 Å². The molecule has 3 aliphatic rings. The van der Waals surface area contributed by atoms with Crippen molar-refractivity contribution in [1.82, 2.24) is 14.7 Å². The van der Waals surface area contributed by atoms with E-state index in [1.807, 2.05) is 4.90 Å². The Morgan fingerprint density at radius 1 is 1.00 bits per heavy atom. The fraction of sp³-hybridized carbons (Fsp3) is 0.905. The average Bonchev–Trinajstić information content (AvgIpc) is 3.18. The molecule has 0 unspecified atom stereocenters. The molecule has 2 aliphatic heterocycles. The van der Waals surface area contributed by atoms with E-state index in [1.165, 1.54) is 25.7 Å². The van der Waals surface area contributed by atoms with Crippen LogP contribution in [0.3, 0.4) is 0 Å². The van der Waals surface area contributed by atoms with Crippen LogP contribution in [0.25, 0.3) is 0 Å². The van der Waals surface area contributed by atoms with E-state index in [1.54, 1.807) is 4.90 Å². The monoisotopic (exact) mass is 363 g/mol. The van der Waals surface area contributed by atoms with Crippen molar-refractivity contribution in [3.63, 3.8) is 0 Å². The van der Waals surface area contributed by atoms with Crippen LogP contribution in [-0.2, 0) is 4.79 Å². The van der Waals surface area contributed by atoms with Crippen LogP contribution in [0.5, 0.6) is 0 Å². The molecule has 1 saturated carbocycles. The molecule has 0 aromatic carbocycles. The molecule has 0 N–H and O–H groups in total. The van der Waals surface area contributed by atoms with Crippen molar-refractivity contribution in [2.45, 2.75) is 84.2 Å². The molecule has 5 heteroatoms. The predicted molar refractivity (Wildman–Crippen MR) is 104 cm³/mol. The van der Waals surface area contributed by atoms with E-state index in [4.69, 9.17) is 0 Å². The lowest BCUT2D eigenvalue weighted by atomic mass is 9.84. The third-order valence-electron chi connectivity index (χ3n) is 6.57. The summed E-state index contributed by atoms with van der Waals surface area (Å²) in [5.41, 5.74) is -0.573. The van der Waals surface area contributed by atoms with Gasteiger partial charge in [0.25, 0.3) is 5.91 Å². The first-order chi connectivity index (χ1) is 12.3. The minimum Gasteiger partial charge on any atom is -0.309 e. The average molecular weight is 364 g/mol. The van der Waals surface area contributed by atoms with Gasteiger partial charge in [0.2, 0.25) is 0 Å². The number of carbonyl (C=O) groups excluding carboxylic acids is 2. The maximum Gasteiger partial charge on any atom is 0.327 e. The Morgan fingerprint density at radius 3 is 2.15 bits per heavy atom. The van der Waals surface area contributed by atoms with Gasteiger partial charge >= 0.3 is 6.03 Å². The van der Waals surface area contributed by atoms with Crippen molar-refractivity contribution in [3.05, 3.63) is 0 Å². The summed E-state index contributed by atoms with van der Waals surface area (Å²) in [6.45, 7) is 11.7. The second-order valence-corrected chi connectivity index (χ2v) is 9.43. The van der Waals surface area contributed by atoms with Gasteiger partial charge in [-0.1, -0.05) is 40.5 Å². The molecule has 2 saturated heterocycles. The quantitative estimate of drug-likeness (QED) is 0.676. The summed E-state index contributed by atoms with van der Waals surface area (Å²) in [6.07, 6.45) is 7.86. The fourth-order valence-corrected chi connectivity index (χ4v) is 5.02. The Balaban J connectivity index is 1.77. The van der Waals surface area contributed by atoms with Gasteiger partial charge in [-0.05, 0) is 43.9 Å². The molecule has 1 spiro atoms. The fourth-order valence-electron chi connectivity index (χ4n) is 5.02. The van der Waals surface area contributed by atoms with E-state index >= 15 is 0 Å². The molecule has 1 aliphatic carbocycles. The highest BCUT2D eigenvalue weighted by Gasteiger charge is 2.57. The zero-order valence-corrected chi connectivity index (χ0v) is 17.2. The Hall–Kier alpha value is -1.10. The maximum absolute atomic E-state index is 13.4. The van der Waals surface area contributed by atoms with Gasteiger partial charge in [0.15, 0.2) is 0 Å². The number of piperidine rings is 1. The Kier molecular flexibility index (Phi) is 5.95. The van der Waals surface area contributed by atoms with E-state index in [0.29, 0.717) is 31.0 Å². The van der Waals surface area contributed by atoms with Gasteiger partial charge in [0.1, 0.15) is 5.54 Å². The van der Waals surface area contributed by atoms with Gasteiger partial charge in [-0.15, -0.1) is 0 Å². The molecule has 2 heterocycles. The van der Waals surface area contributed by atoms with E-state index in [9.17, 15) is 9.59 Å². The van der Waals surface area contributed by atoms with Gasteiger partial charge in [-0.25, -0.2) is 4.79 Å². The normalized spacial score (nSPS) is 24.8. The molecule has 3 amide bonds. The third-order valence-corrected chi connectivity index (χ3v) is 6.57. The SMILES string of the molecule is CC(C)CCN1C(=O)N(CC(C)C)C(=O)C12CCN(C1CCCC1)CC2.